The Morgan fingerprint density at radius 1 is 0.821 bits per heavy atom. The molecule has 0 saturated heterocycles. The highest BCUT2D eigenvalue weighted by Gasteiger charge is 2.08. The van der Waals surface area contributed by atoms with E-state index in [2.05, 4.69) is 25.8 Å². The maximum Gasteiger partial charge on any atom is 0.249 e. The summed E-state index contributed by atoms with van der Waals surface area (Å²) >= 11 is 0. The molecule has 0 aliphatic carbocycles. The zero-order valence-corrected chi connectivity index (χ0v) is 16.5. The van der Waals surface area contributed by atoms with Gasteiger partial charge in [-0.25, -0.2) is 0 Å². The van der Waals surface area contributed by atoms with Gasteiger partial charge in [0.25, 0.3) is 0 Å². The summed E-state index contributed by atoms with van der Waals surface area (Å²) in [5.41, 5.74) is 1.66. The third-order valence-corrected chi connectivity index (χ3v) is 3.55. The first-order valence-electron chi connectivity index (χ1n) is 9.26. The van der Waals surface area contributed by atoms with Gasteiger partial charge in [0.15, 0.2) is 5.82 Å². The molecule has 2 aromatic carbocycles. The van der Waals surface area contributed by atoms with Crippen molar-refractivity contribution in [2.45, 2.75) is 39.9 Å². The van der Waals surface area contributed by atoms with Crippen LogP contribution in [0, 0.1) is 0 Å². The third-order valence-electron chi connectivity index (χ3n) is 3.55. The maximum atomic E-state index is 5.82. The predicted octanol–water partition coefficient (Wildman–Crippen LogP) is 4.93. The Hall–Kier alpha value is -3.35. The summed E-state index contributed by atoms with van der Waals surface area (Å²) in [6.45, 7) is 7.96. The molecule has 0 fully saturated rings. The molecule has 3 aromatic rings. The average Bonchev–Trinajstić information content (AvgIpc) is 2.64. The van der Waals surface area contributed by atoms with Gasteiger partial charge in [-0.3, -0.25) is 0 Å². The summed E-state index contributed by atoms with van der Waals surface area (Å²) in [6, 6.07) is 15.3. The second-order valence-electron chi connectivity index (χ2n) is 6.77. The molecule has 2 N–H and O–H groups in total. The van der Waals surface area contributed by atoms with Crippen molar-refractivity contribution in [2.75, 3.05) is 10.6 Å². The van der Waals surface area contributed by atoms with Crippen molar-refractivity contribution in [3.63, 3.8) is 0 Å². The Kier molecular flexibility index (Phi) is 6.26. The SMILES string of the molecule is CC(C)Oc1ccc(Nc2cnnc(Nc3ccccc3OC(C)C)n2)cc1. The van der Waals surface area contributed by atoms with Crippen molar-refractivity contribution in [1.82, 2.24) is 15.2 Å². The van der Waals surface area contributed by atoms with Crippen LogP contribution in [0.5, 0.6) is 11.5 Å². The minimum Gasteiger partial charge on any atom is -0.491 e. The van der Waals surface area contributed by atoms with Gasteiger partial charge in [0.05, 0.1) is 24.1 Å². The number of rotatable bonds is 8. The molecule has 3 rings (SSSR count). The molecule has 28 heavy (non-hydrogen) atoms. The molecule has 7 heteroatoms. The van der Waals surface area contributed by atoms with Gasteiger partial charge in [-0.1, -0.05) is 12.1 Å². The first-order chi connectivity index (χ1) is 13.5. The van der Waals surface area contributed by atoms with Crippen molar-refractivity contribution < 1.29 is 9.47 Å². The van der Waals surface area contributed by atoms with Crippen LogP contribution in [0.1, 0.15) is 27.7 Å². The van der Waals surface area contributed by atoms with Gasteiger partial charge in [-0.15, -0.1) is 5.10 Å². The number of anilines is 4. The Bertz CT molecular complexity index is 897. The molecular weight excluding hydrogens is 354 g/mol. The van der Waals surface area contributed by atoms with Crippen LogP contribution in [0.2, 0.25) is 0 Å². The van der Waals surface area contributed by atoms with Gasteiger partial charge in [0.1, 0.15) is 11.5 Å². The fourth-order valence-electron chi connectivity index (χ4n) is 2.50. The topological polar surface area (TPSA) is 81.2 Å². The van der Waals surface area contributed by atoms with E-state index in [4.69, 9.17) is 9.47 Å². The monoisotopic (exact) mass is 379 g/mol. The molecule has 0 amide bonds. The van der Waals surface area contributed by atoms with Crippen LogP contribution in [0.3, 0.4) is 0 Å². The molecule has 0 spiro atoms. The molecule has 146 valence electrons. The summed E-state index contributed by atoms with van der Waals surface area (Å²) in [7, 11) is 0. The van der Waals surface area contributed by atoms with E-state index in [0.29, 0.717) is 11.8 Å². The molecule has 0 bridgehead atoms. The van der Waals surface area contributed by atoms with Crippen LogP contribution in [0.15, 0.2) is 54.7 Å². The predicted molar refractivity (Wildman–Crippen MR) is 111 cm³/mol. The van der Waals surface area contributed by atoms with E-state index in [9.17, 15) is 0 Å². The van der Waals surface area contributed by atoms with Gasteiger partial charge >= 0.3 is 0 Å². The van der Waals surface area contributed by atoms with Crippen LogP contribution in [0.25, 0.3) is 0 Å². The molecule has 0 unspecified atom stereocenters. The molecule has 0 aliphatic rings. The molecule has 1 heterocycles. The van der Waals surface area contributed by atoms with E-state index < -0.39 is 0 Å². The number of nitrogens with zero attached hydrogens (tertiary/aromatic N) is 3. The van der Waals surface area contributed by atoms with Crippen molar-refractivity contribution >= 4 is 23.1 Å². The third kappa shape index (κ3) is 5.57. The van der Waals surface area contributed by atoms with Crippen molar-refractivity contribution in [2.24, 2.45) is 0 Å². The Balaban J connectivity index is 1.71. The van der Waals surface area contributed by atoms with E-state index in [1.165, 1.54) is 0 Å². The van der Waals surface area contributed by atoms with Gasteiger partial charge in [0.2, 0.25) is 5.95 Å². The Morgan fingerprint density at radius 2 is 1.54 bits per heavy atom. The van der Waals surface area contributed by atoms with Crippen molar-refractivity contribution in [1.29, 1.82) is 0 Å². The smallest absolute Gasteiger partial charge is 0.249 e. The Labute approximate surface area is 165 Å². The normalized spacial score (nSPS) is 10.8. The molecule has 1 aromatic heterocycles. The summed E-state index contributed by atoms with van der Waals surface area (Å²) in [6.07, 6.45) is 1.78. The van der Waals surface area contributed by atoms with Crippen molar-refractivity contribution in [3.8, 4) is 11.5 Å². The zero-order valence-electron chi connectivity index (χ0n) is 16.5. The number of ether oxygens (including phenoxy) is 2. The van der Waals surface area contributed by atoms with E-state index in [0.717, 1.165) is 22.9 Å². The average molecular weight is 379 g/mol. The van der Waals surface area contributed by atoms with Crippen LogP contribution in [0.4, 0.5) is 23.1 Å². The number of aromatic nitrogens is 3. The van der Waals surface area contributed by atoms with Crippen LogP contribution in [-0.2, 0) is 0 Å². The van der Waals surface area contributed by atoms with Gasteiger partial charge in [-0.05, 0) is 64.1 Å². The lowest BCUT2D eigenvalue weighted by atomic mass is 10.3. The van der Waals surface area contributed by atoms with Gasteiger partial charge in [-0.2, -0.15) is 10.1 Å². The van der Waals surface area contributed by atoms with E-state index in [1.807, 2.05) is 76.2 Å². The lowest BCUT2D eigenvalue weighted by Gasteiger charge is -2.15. The highest BCUT2D eigenvalue weighted by Crippen LogP contribution is 2.27. The molecule has 0 saturated carbocycles. The lowest BCUT2D eigenvalue weighted by molar-refractivity contribution is 0.242. The second kappa shape index (κ2) is 9.03. The summed E-state index contributed by atoms with van der Waals surface area (Å²) in [4.78, 5) is 4.47. The molecular formula is C21H25N5O2. The largest absolute Gasteiger partial charge is 0.491 e. The number of hydrogen-bond acceptors (Lipinski definition) is 7. The summed E-state index contributed by atoms with van der Waals surface area (Å²) in [5.74, 6) is 2.52. The quantitative estimate of drug-likeness (QED) is 0.574. The van der Waals surface area contributed by atoms with Crippen LogP contribution < -0.4 is 20.1 Å². The summed E-state index contributed by atoms with van der Waals surface area (Å²) in [5, 5.41) is 14.5. The standard InChI is InChI=1S/C21H25N5O2/c1-14(2)27-17-11-9-16(10-12-17)23-20-13-22-26-21(25-20)24-18-7-5-6-8-19(18)28-15(3)4/h5-15H,1-4H3,(H2,23,24,25,26). The minimum atomic E-state index is 0.0673. The van der Waals surface area contributed by atoms with Crippen LogP contribution in [-0.4, -0.2) is 27.4 Å². The van der Waals surface area contributed by atoms with Gasteiger partial charge in [0, 0.05) is 5.69 Å². The highest BCUT2D eigenvalue weighted by atomic mass is 16.5. The first kappa shape index (κ1) is 19.4. The van der Waals surface area contributed by atoms with Crippen LogP contribution >= 0.6 is 0 Å². The number of benzene rings is 2. The number of para-hydroxylation sites is 2. The minimum absolute atomic E-state index is 0.0673. The molecule has 0 radical (unpaired) electrons. The number of hydrogen-bond donors (Lipinski definition) is 2. The molecule has 0 atom stereocenters. The molecule has 0 aliphatic heterocycles. The fourth-order valence-corrected chi connectivity index (χ4v) is 2.50. The zero-order chi connectivity index (χ0) is 19.9. The Morgan fingerprint density at radius 3 is 2.25 bits per heavy atom. The first-order valence-corrected chi connectivity index (χ1v) is 9.26. The maximum absolute atomic E-state index is 5.82. The second-order valence-corrected chi connectivity index (χ2v) is 6.77. The highest BCUT2D eigenvalue weighted by molar-refractivity contribution is 5.63. The van der Waals surface area contributed by atoms with Gasteiger partial charge < -0.3 is 20.1 Å². The number of nitrogens with one attached hydrogen (secondary N) is 2. The van der Waals surface area contributed by atoms with E-state index >= 15 is 0 Å². The lowest BCUT2D eigenvalue weighted by Crippen LogP contribution is -2.08. The van der Waals surface area contributed by atoms with Crippen molar-refractivity contribution in [3.05, 3.63) is 54.7 Å². The molecule has 7 nitrogen and oxygen atoms in total. The van der Waals surface area contributed by atoms with E-state index in [1.54, 1.807) is 6.20 Å². The fraction of sp³-hybridized carbons (Fsp3) is 0.286. The van der Waals surface area contributed by atoms with E-state index in [-0.39, 0.29) is 12.2 Å². The summed E-state index contributed by atoms with van der Waals surface area (Å²) < 4.78 is 11.5.